The molecule has 4 rings (SSSR count). The Hall–Kier alpha value is -2.47. The second kappa shape index (κ2) is 8.69. The SMILES string of the molecule is CCC(c1nc2[nH]ncc2c(=O)n1Cc1ccccc1)N1CCCCCCC1. The van der Waals surface area contributed by atoms with Gasteiger partial charge in [-0.15, -0.1) is 0 Å². The first-order chi connectivity index (χ1) is 13.8. The minimum Gasteiger partial charge on any atom is -0.293 e. The molecule has 1 unspecified atom stereocenters. The van der Waals surface area contributed by atoms with E-state index in [1.54, 1.807) is 6.20 Å². The van der Waals surface area contributed by atoms with Crippen LogP contribution in [0.1, 0.15) is 62.9 Å². The number of likely N-dealkylation sites (tertiary alicyclic amines) is 1. The van der Waals surface area contributed by atoms with Gasteiger partial charge in [0.05, 0.1) is 18.8 Å². The molecule has 1 fully saturated rings. The number of benzene rings is 1. The summed E-state index contributed by atoms with van der Waals surface area (Å²) in [7, 11) is 0. The van der Waals surface area contributed by atoms with E-state index >= 15 is 0 Å². The van der Waals surface area contributed by atoms with Crippen molar-refractivity contribution >= 4 is 11.0 Å². The fourth-order valence-electron chi connectivity index (χ4n) is 4.31. The van der Waals surface area contributed by atoms with Crippen LogP contribution in [0, 0.1) is 0 Å². The lowest BCUT2D eigenvalue weighted by Crippen LogP contribution is -2.37. The first-order valence-corrected chi connectivity index (χ1v) is 10.5. The van der Waals surface area contributed by atoms with Crippen molar-refractivity contribution < 1.29 is 0 Å². The molecular formula is C22H29N5O. The molecule has 28 heavy (non-hydrogen) atoms. The van der Waals surface area contributed by atoms with Gasteiger partial charge in [-0.3, -0.25) is 19.4 Å². The van der Waals surface area contributed by atoms with Crippen LogP contribution in [0.3, 0.4) is 0 Å². The number of fused-ring (bicyclic) bond motifs is 1. The summed E-state index contributed by atoms with van der Waals surface area (Å²) in [6, 6.07) is 10.3. The molecule has 0 bridgehead atoms. The summed E-state index contributed by atoms with van der Waals surface area (Å²) >= 11 is 0. The van der Waals surface area contributed by atoms with E-state index in [0.717, 1.165) is 30.9 Å². The van der Waals surface area contributed by atoms with Gasteiger partial charge in [0, 0.05) is 0 Å². The molecule has 1 atom stereocenters. The predicted molar refractivity (Wildman–Crippen MR) is 111 cm³/mol. The summed E-state index contributed by atoms with van der Waals surface area (Å²) in [5.74, 6) is 0.855. The van der Waals surface area contributed by atoms with Gasteiger partial charge in [-0.1, -0.05) is 56.5 Å². The number of aromatic nitrogens is 4. The minimum absolute atomic E-state index is 0.0110. The van der Waals surface area contributed by atoms with Crippen molar-refractivity contribution in [2.75, 3.05) is 13.1 Å². The molecule has 2 aromatic heterocycles. The van der Waals surface area contributed by atoms with Crippen molar-refractivity contribution in [3.63, 3.8) is 0 Å². The van der Waals surface area contributed by atoms with E-state index < -0.39 is 0 Å². The van der Waals surface area contributed by atoms with Crippen LogP contribution in [-0.2, 0) is 6.54 Å². The first kappa shape index (κ1) is 18.9. The molecule has 1 aliphatic heterocycles. The Labute approximate surface area is 165 Å². The summed E-state index contributed by atoms with van der Waals surface area (Å²) in [4.78, 5) is 20.7. The summed E-state index contributed by atoms with van der Waals surface area (Å²) in [5.41, 5.74) is 1.69. The van der Waals surface area contributed by atoms with E-state index in [4.69, 9.17) is 4.98 Å². The van der Waals surface area contributed by atoms with Crippen molar-refractivity contribution in [3.8, 4) is 0 Å². The molecule has 1 aliphatic rings. The monoisotopic (exact) mass is 379 g/mol. The second-order valence-electron chi connectivity index (χ2n) is 7.71. The highest BCUT2D eigenvalue weighted by Gasteiger charge is 2.25. The molecule has 3 aromatic rings. The number of rotatable bonds is 5. The van der Waals surface area contributed by atoms with Crippen molar-refractivity contribution in [2.24, 2.45) is 0 Å². The molecule has 0 aliphatic carbocycles. The maximum atomic E-state index is 13.3. The average Bonchev–Trinajstić information content (AvgIpc) is 3.16. The van der Waals surface area contributed by atoms with Gasteiger partial charge in [-0.2, -0.15) is 5.10 Å². The highest BCUT2D eigenvalue weighted by molar-refractivity contribution is 5.72. The fourth-order valence-corrected chi connectivity index (χ4v) is 4.31. The van der Waals surface area contributed by atoms with Crippen LogP contribution < -0.4 is 5.56 Å². The first-order valence-electron chi connectivity index (χ1n) is 10.5. The maximum Gasteiger partial charge on any atom is 0.265 e. The van der Waals surface area contributed by atoms with Crippen LogP contribution >= 0.6 is 0 Å². The molecular weight excluding hydrogens is 350 g/mol. The van der Waals surface area contributed by atoms with Gasteiger partial charge in [0.1, 0.15) is 11.2 Å². The zero-order valence-corrected chi connectivity index (χ0v) is 16.6. The van der Waals surface area contributed by atoms with Crippen molar-refractivity contribution in [3.05, 3.63) is 58.3 Å². The molecule has 1 saturated heterocycles. The van der Waals surface area contributed by atoms with Crippen LogP contribution in [0.25, 0.3) is 11.0 Å². The third-order valence-corrected chi connectivity index (χ3v) is 5.80. The quantitative estimate of drug-likeness (QED) is 0.730. The predicted octanol–water partition coefficient (Wildman–Crippen LogP) is 3.89. The molecule has 6 heteroatoms. The Morgan fingerprint density at radius 1 is 1.07 bits per heavy atom. The van der Waals surface area contributed by atoms with E-state index in [0.29, 0.717) is 17.6 Å². The Morgan fingerprint density at radius 3 is 2.50 bits per heavy atom. The number of nitrogens with zero attached hydrogens (tertiary/aromatic N) is 4. The molecule has 148 valence electrons. The largest absolute Gasteiger partial charge is 0.293 e. The second-order valence-corrected chi connectivity index (χ2v) is 7.71. The standard InChI is InChI=1S/C22H29N5O/c1-2-19(26-13-9-4-3-5-10-14-26)21-24-20-18(15-23-25-20)22(28)27(21)16-17-11-7-6-8-12-17/h6-8,11-12,15,19H,2-5,9-10,13-14,16H2,1H3,(H,23,25). The molecule has 0 spiro atoms. The third-order valence-electron chi connectivity index (χ3n) is 5.80. The van der Waals surface area contributed by atoms with Crippen LogP contribution in [0.5, 0.6) is 0 Å². The molecule has 1 N–H and O–H groups in total. The van der Waals surface area contributed by atoms with E-state index in [-0.39, 0.29) is 11.6 Å². The molecule has 0 radical (unpaired) electrons. The summed E-state index contributed by atoms with van der Waals surface area (Å²) < 4.78 is 1.86. The molecule has 0 saturated carbocycles. The van der Waals surface area contributed by atoms with Gasteiger partial charge < -0.3 is 0 Å². The summed E-state index contributed by atoms with van der Waals surface area (Å²) in [5, 5.41) is 7.52. The average molecular weight is 380 g/mol. The zero-order chi connectivity index (χ0) is 19.3. The Morgan fingerprint density at radius 2 is 1.79 bits per heavy atom. The molecule has 6 nitrogen and oxygen atoms in total. The van der Waals surface area contributed by atoms with Gasteiger partial charge >= 0.3 is 0 Å². The number of nitrogens with one attached hydrogen (secondary N) is 1. The lowest BCUT2D eigenvalue weighted by molar-refractivity contribution is 0.164. The topological polar surface area (TPSA) is 66.8 Å². The van der Waals surface area contributed by atoms with E-state index in [9.17, 15) is 4.79 Å². The number of aromatic amines is 1. The summed E-state index contributed by atoms with van der Waals surface area (Å²) in [6.45, 7) is 4.87. The third kappa shape index (κ3) is 3.87. The molecule has 3 heterocycles. The van der Waals surface area contributed by atoms with Crippen molar-refractivity contribution in [1.82, 2.24) is 24.6 Å². The molecule has 0 amide bonds. The van der Waals surface area contributed by atoms with Crippen LogP contribution in [-0.4, -0.2) is 37.7 Å². The highest BCUT2D eigenvalue weighted by atomic mass is 16.1. The van der Waals surface area contributed by atoms with Crippen molar-refractivity contribution in [1.29, 1.82) is 0 Å². The lowest BCUT2D eigenvalue weighted by atomic mass is 10.0. The summed E-state index contributed by atoms with van der Waals surface area (Å²) in [6.07, 6.45) is 8.86. The van der Waals surface area contributed by atoms with Gasteiger partial charge in [-0.05, 0) is 37.9 Å². The fraction of sp³-hybridized carbons (Fsp3) is 0.500. The van der Waals surface area contributed by atoms with Crippen LogP contribution in [0.4, 0.5) is 0 Å². The van der Waals surface area contributed by atoms with Gasteiger partial charge in [0.15, 0.2) is 5.65 Å². The molecule has 1 aromatic carbocycles. The minimum atomic E-state index is -0.0110. The maximum absolute atomic E-state index is 13.3. The lowest BCUT2D eigenvalue weighted by Gasteiger charge is -2.33. The highest BCUT2D eigenvalue weighted by Crippen LogP contribution is 2.26. The van der Waals surface area contributed by atoms with Crippen LogP contribution in [0.15, 0.2) is 41.3 Å². The number of H-pyrrole nitrogens is 1. The number of hydrogen-bond donors (Lipinski definition) is 1. The normalized spacial score (nSPS) is 17.3. The number of hydrogen-bond acceptors (Lipinski definition) is 4. The van der Waals surface area contributed by atoms with Crippen molar-refractivity contribution in [2.45, 2.75) is 58.0 Å². The Balaban J connectivity index is 1.78. The van der Waals surface area contributed by atoms with Gasteiger partial charge in [0.25, 0.3) is 5.56 Å². The van der Waals surface area contributed by atoms with Gasteiger partial charge in [0.2, 0.25) is 0 Å². The zero-order valence-electron chi connectivity index (χ0n) is 16.6. The van der Waals surface area contributed by atoms with E-state index in [1.165, 1.54) is 32.1 Å². The van der Waals surface area contributed by atoms with Crippen LogP contribution in [0.2, 0.25) is 0 Å². The van der Waals surface area contributed by atoms with E-state index in [2.05, 4.69) is 34.2 Å². The Kier molecular flexibility index (Phi) is 5.86. The van der Waals surface area contributed by atoms with Gasteiger partial charge in [-0.25, -0.2) is 4.98 Å². The smallest absolute Gasteiger partial charge is 0.265 e. The van der Waals surface area contributed by atoms with E-state index in [1.807, 2.05) is 22.8 Å². The Bertz CT molecular complexity index is 954.